The molecular formula is C19H22ClN3O3S. The third kappa shape index (κ3) is 5.69. The predicted molar refractivity (Wildman–Crippen MR) is 109 cm³/mol. The summed E-state index contributed by atoms with van der Waals surface area (Å²) < 4.78 is 0. The number of nitrogens with one attached hydrogen (secondary N) is 1. The van der Waals surface area contributed by atoms with Gasteiger partial charge < -0.3 is 11.1 Å². The maximum atomic E-state index is 12.8. The lowest BCUT2D eigenvalue weighted by atomic mass is 9.91. The van der Waals surface area contributed by atoms with E-state index in [0.717, 1.165) is 30.6 Å². The monoisotopic (exact) mass is 407 g/mol. The molecule has 2 aromatic rings. The summed E-state index contributed by atoms with van der Waals surface area (Å²) in [6.45, 7) is 0. The summed E-state index contributed by atoms with van der Waals surface area (Å²) >= 11 is 1.42. The van der Waals surface area contributed by atoms with Crippen molar-refractivity contribution >= 4 is 35.8 Å². The Hall–Kier alpha value is -2.09. The van der Waals surface area contributed by atoms with Crippen molar-refractivity contribution in [1.82, 2.24) is 5.32 Å². The minimum atomic E-state index is -0.479. The van der Waals surface area contributed by atoms with Crippen LogP contribution in [0.4, 0.5) is 5.69 Å². The Kier molecular flexibility index (Phi) is 7.65. The normalized spacial score (nSPS) is 19.0. The number of non-ortho nitro benzene ring substituents is 1. The number of benzene rings is 2. The van der Waals surface area contributed by atoms with E-state index in [1.807, 2.05) is 30.3 Å². The SMILES string of the molecule is Cl.NC1CCC(NC(=O)c2cc([N+](=O)[O-])ccc2Sc2ccccc2)CC1. The van der Waals surface area contributed by atoms with E-state index in [4.69, 9.17) is 5.73 Å². The van der Waals surface area contributed by atoms with E-state index in [1.165, 1.54) is 23.9 Å². The maximum absolute atomic E-state index is 12.8. The molecule has 8 heteroatoms. The molecule has 1 fully saturated rings. The standard InChI is InChI=1S/C19H21N3O3S.ClH/c20-13-6-8-14(9-7-13)21-19(23)17-12-15(22(24)25)10-11-18(17)26-16-4-2-1-3-5-16;/h1-5,10-14H,6-9,20H2,(H,21,23);1H. The van der Waals surface area contributed by atoms with Crippen LogP contribution in [0.1, 0.15) is 36.0 Å². The predicted octanol–water partition coefficient (Wildman–Crippen LogP) is 4.17. The third-order valence-corrected chi connectivity index (χ3v) is 5.58. The molecule has 0 aromatic heterocycles. The van der Waals surface area contributed by atoms with Gasteiger partial charge in [-0.3, -0.25) is 14.9 Å². The van der Waals surface area contributed by atoms with E-state index in [0.29, 0.717) is 10.5 Å². The van der Waals surface area contributed by atoms with Crippen LogP contribution < -0.4 is 11.1 Å². The fraction of sp³-hybridized carbons (Fsp3) is 0.316. The Labute approximate surface area is 168 Å². The maximum Gasteiger partial charge on any atom is 0.270 e. The largest absolute Gasteiger partial charge is 0.349 e. The van der Waals surface area contributed by atoms with Gasteiger partial charge in [-0.1, -0.05) is 30.0 Å². The Morgan fingerprint density at radius 3 is 2.41 bits per heavy atom. The second kappa shape index (κ2) is 9.73. The van der Waals surface area contributed by atoms with Gasteiger partial charge in [-0.15, -0.1) is 12.4 Å². The topological polar surface area (TPSA) is 98.3 Å². The van der Waals surface area contributed by atoms with E-state index in [9.17, 15) is 14.9 Å². The molecule has 0 saturated heterocycles. The minimum absolute atomic E-state index is 0. The number of rotatable bonds is 5. The molecule has 2 aromatic carbocycles. The summed E-state index contributed by atoms with van der Waals surface area (Å²) in [6.07, 6.45) is 3.43. The highest BCUT2D eigenvalue weighted by molar-refractivity contribution is 7.99. The van der Waals surface area contributed by atoms with Gasteiger partial charge in [0.1, 0.15) is 0 Å². The molecular weight excluding hydrogens is 386 g/mol. The van der Waals surface area contributed by atoms with Gasteiger partial charge in [-0.2, -0.15) is 0 Å². The molecule has 1 aliphatic rings. The highest BCUT2D eigenvalue weighted by atomic mass is 35.5. The van der Waals surface area contributed by atoms with Gasteiger partial charge >= 0.3 is 0 Å². The molecule has 0 radical (unpaired) electrons. The average molecular weight is 408 g/mol. The van der Waals surface area contributed by atoms with E-state index in [1.54, 1.807) is 6.07 Å². The van der Waals surface area contributed by atoms with Crippen LogP contribution in [-0.4, -0.2) is 22.9 Å². The Bertz CT molecular complexity index is 796. The number of nitrogens with zero attached hydrogens (tertiary/aromatic N) is 1. The number of nitro groups is 1. The smallest absolute Gasteiger partial charge is 0.270 e. The molecule has 0 bridgehead atoms. The van der Waals surface area contributed by atoms with E-state index >= 15 is 0 Å². The van der Waals surface area contributed by atoms with Crippen molar-refractivity contribution in [2.75, 3.05) is 0 Å². The van der Waals surface area contributed by atoms with Crippen LogP contribution in [0.2, 0.25) is 0 Å². The molecule has 0 heterocycles. The summed E-state index contributed by atoms with van der Waals surface area (Å²) in [6, 6.07) is 14.3. The number of halogens is 1. The molecule has 6 nitrogen and oxygen atoms in total. The number of carbonyl (C=O) groups is 1. The van der Waals surface area contributed by atoms with Crippen LogP contribution in [0.25, 0.3) is 0 Å². The molecule has 3 rings (SSSR count). The van der Waals surface area contributed by atoms with Crippen molar-refractivity contribution in [1.29, 1.82) is 0 Å². The first-order valence-corrected chi connectivity index (χ1v) is 9.42. The molecule has 0 spiro atoms. The number of carbonyl (C=O) groups excluding carboxylic acids is 1. The van der Waals surface area contributed by atoms with E-state index < -0.39 is 4.92 Å². The lowest BCUT2D eigenvalue weighted by Gasteiger charge is -2.27. The van der Waals surface area contributed by atoms with Crippen molar-refractivity contribution < 1.29 is 9.72 Å². The zero-order chi connectivity index (χ0) is 18.5. The molecule has 0 atom stereocenters. The lowest BCUT2D eigenvalue weighted by Crippen LogP contribution is -2.40. The van der Waals surface area contributed by atoms with E-state index in [2.05, 4.69) is 5.32 Å². The third-order valence-electron chi connectivity index (χ3n) is 4.50. The second-order valence-electron chi connectivity index (χ2n) is 6.44. The van der Waals surface area contributed by atoms with Crippen LogP contribution in [0.3, 0.4) is 0 Å². The number of hydrogen-bond donors (Lipinski definition) is 2. The van der Waals surface area contributed by atoms with Gasteiger partial charge in [-0.25, -0.2) is 0 Å². The van der Waals surface area contributed by atoms with Crippen molar-refractivity contribution in [2.45, 2.75) is 47.6 Å². The first-order valence-electron chi connectivity index (χ1n) is 8.60. The summed E-state index contributed by atoms with van der Waals surface area (Å²) in [7, 11) is 0. The van der Waals surface area contributed by atoms with Crippen LogP contribution >= 0.6 is 24.2 Å². The summed E-state index contributed by atoms with van der Waals surface area (Å²) in [4.78, 5) is 25.1. The Morgan fingerprint density at radius 1 is 1.11 bits per heavy atom. The first kappa shape index (κ1) is 21.2. The van der Waals surface area contributed by atoms with Crippen LogP contribution in [0, 0.1) is 10.1 Å². The number of nitrogens with two attached hydrogens (primary N) is 1. The zero-order valence-electron chi connectivity index (χ0n) is 14.7. The number of nitro benzene ring substituents is 1. The molecule has 1 amide bonds. The van der Waals surface area contributed by atoms with Crippen molar-refractivity contribution in [3.8, 4) is 0 Å². The molecule has 1 saturated carbocycles. The van der Waals surface area contributed by atoms with Gasteiger partial charge in [0.2, 0.25) is 0 Å². The zero-order valence-corrected chi connectivity index (χ0v) is 16.3. The summed E-state index contributed by atoms with van der Waals surface area (Å²) in [5.74, 6) is -0.271. The molecule has 1 aliphatic carbocycles. The Balaban J connectivity index is 0.00000261. The van der Waals surface area contributed by atoms with Gasteiger partial charge in [0.25, 0.3) is 11.6 Å². The Morgan fingerprint density at radius 2 is 1.78 bits per heavy atom. The second-order valence-corrected chi connectivity index (χ2v) is 7.55. The summed E-state index contributed by atoms with van der Waals surface area (Å²) in [5, 5.41) is 14.1. The minimum Gasteiger partial charge on any atom is -0.349 e. The highest BCUT2D eigenvalue weighted by Crippen LogP contribution is 2.32. The molecule has 27 heavy (non-hydrogen) atoms. The fourth-order valence-electron chi connectivity index (χ4n) is 3.04. The van der Waals surface area contributed by atoms with Crippen molar-refractivity contribution in [2.24, 2.45) is 5.73 Å². The lowest BCUT2D eigenvalue weighted by molar-refractivity contribution is -0.384. The van der Waals surface area contributed by atoms with Gasteiger partial charge in [0, 0.05) is 34.0 Å². The quantitative estimate of drug-likeness (QED) is 0.572. The number of hydrogen-bond acceptors (Lipinski definition) is 5. The first-order chi connectivity index (χ1) is 12.5. The number of amides is 1. The van der Waals surface area contributed by atoms with E-state index in [-0.39, 0.29) is 36.1 Å². The molecule has 0 aliphatic heterocycles. The average Bonchev–Trinajstić information content (AvgIpc) is 2.64. The van der Waals surface area contributed by atoms with Gasteiger partial charge in [0.05, 0.1) is 10.5 Å². The highest BCUT2D eigenvalue weighted by Gasteiger charge is 2.23. The molecule has 144 valence electrons. The van der Waals surface area contributed by atoms with Gasteiger partial charge in [0.15, 0.2) is 0 Å². The fourth-order valence-corrected chi connectivity index (χ4v) is 3.98. The molecule has 3 N–H and O–H groups in total. The van der Waals surface area contributed by atoms with Crippen molar-refractivity contribution in [3.05, 3.63) is 64.2 Å². The van der Waals surface area contributed by atoms with Crippen LogP contribution in [0.15, 0.2) is 58.3 Å². The van der Waals surface area contributed by atoms with Crippen LogP contribution in [-0.2, 0) is 0 Å². The van der Waals surface area contributed by atoms with Gasteiger partial charge in [-0.05, 0) is 43.9 Å². The summed E-state index contributed by atoms with van der Waals surface area (Å²) in [5.41, 5.74) is 6.16. The van der Waals surface area contributed by atoms with Crippen LogP contribution in [0.5, 0.6) is 0 Å². The molecule has 0 unspecified atom stereocenters. The van der Waals surface area contributed by atoms with Crippen molar-refractivity contribution in [3.63, 3.8) is 0 Å².